The van der Waals surface area contributed by atoms with E-state index in [2.05, 4.69) is 27.5 Å². The SMILES string of the molecule is CCc1ccc(NC(=O)c2cc(NCCc3ccccc3F)nc(C)n2)cc1. The summed E-state index contributed by atoms with van der Waals surface area (Å²) in [6.07, 6.45) is 1.46. The Morgan fingerprint density at radius 2 is 1.82 bits per heavy atom. The van der Waals surface area contributed by atoms with E-state index in [4.69, 9.17) is 0 Å². The molecule has 28 heavy (non-hydrogen) atoms. The van der Waals surface area contributed by atoms with Crippen molar-refractivity contribution in [3.63, 3.8) is 0 Å². The number of hydrogen-bond donors (Lipinski definition) is 2. The minimum absolute atomic E-state index is 0.225. The molecule has 0 radical (unpaired) electrons. The number of benzene rings is 2. The van der Waals surface area contributed by atoms with Crippen molar-refractivity contribution < 1.29 is 9.18 Å². The summed E-state index contributed by atoms with van der Waals surface area (Å²) in [5.41, 5.74) is 2.83. The molecule has 1 amide bonds. The number of halogens is 1. The fourth-order valence-electron chi connectivity index (χ4n) is 2.82. The lowest BCUT2D eigenvalue weighted by Gasteiger charge is -2.10. The Morgan fingerprint density at radius 1 is 1.07 bits per heavy atom. The maximum Gasteiger partial charge on any atom is 0.274 e. The first kappa shape index (κ1) is 19.5. The molecule has 6 heteroatoms. The molecule has 0 saturated carbocycles. The molecule has 0 aliphatic rings. The monoisotopic (exact) mass is 378 g/mol. The van der Waals surface area contributed by atoms with Crippen LogP contribution in [-0.4, -0.2) is 22.4 Å². The van der Waals surface area contributed by atoms with Crippen LogP contribution in [0.1, 0.15) is 34.4 Å². The first-order valence-electron chi connectivity index (χ1n) is 9.28. The van der Waals surface area contributed by atoms with E-state index >= 15 is 0 Å². The van der Waals surface area contributed by atoms with Gasteiger partial charge < -0.3 is 10.6 Å². The maximum absolute atomic E-state index is 13.7. The predicted molar refractivity (Wildman–Crippen MR) is 109 cm³/mol. The molecule has 2 aromatic carbocycles. The predicted octanol–water partition coefficient (Wildman–Crippen LogP) is 4.39. The molecule has 0 aliphatic carbocycles. The standard InChI is InChI=1S/C22H23FN4O/c1-3-16-8-10-18(11-9-16)27-22(28)20-14-21(26-15(2)25-20)24-13-12-17-6-4-5-7-19(17)23/h4-11,14H,3,12-13H2,1-2H3,(H,27,28)(H,24,25,26). The zero-order chi connectivity index (χ0) is 19.9. The van der Waals surface area contributed by atoms with Crippen molar-refractivity contribution in [2.45, 2.75) is 26.7 Å². The third-order valence-electron chi connectivity index (χ3n) is 4.35. The minimum atomic E-state index is -0.299. The van der Waals surface area contributed by atoms with Gasteiger partial charge in [-0.05, 0) is 49.1 Å². The number of nitrogens with zero attached hydrogens (tertiary/aromatic N) is 2. The van der Waals surface area contributed by atoms with Gasteiger partial charge in [-0.25, -0.2) is 14.4 Å². The lowest BCUT2D eigenvalue weighted by molar-refractivity contribution is 0.102. The fraction of sp³-hybridized carbons (Fsp3) is 0.227. The van der Waals surface area contributed by atoms with Crippen LogP contribution in [0, 0.1) is 12.7 Å². The van der Waals surface area contributed by atoms with Gasteiger partial charge in [0.15, 0.2) is 0 Å². The number of hydrogen-bond acceptors (Lipinski definition) is 4. The van der Waals surface area contributed by atoms with Crippen molar-refractivity contribution in [3.05, 3.63) is 83.1 Å². The van der Waals surface area contributed by atoms with E-state index in [9.17, 15) is 9.18 Å². The van der Waals surface area contributed by atoms with Crippen LogP contribution >= 0.6 is 0 Å². The molecule has 0 bridgehead atoms. The molecule has 144 valence electrons. The van der Waals surface area contributed by atoms with E-state index in [1.54, 1.807) is 25.1 Å². The summed E-state index contributed by atoms with van der Waals surface area (Å²) < 4.78 is 13.7. The molecule has 0 saturated heterocycles. The average molecular weight is 378 g/mol. The van der Waals surface area contributed by atoms with Crippen LogP contribution in [0.2, 0.25) is 0 Å². The summed E-state index contributed by atoms with van der Waals surface area (Å²) in [4.78, 5) is 21.1. The maximum atomic E-state index is 13.7. The van der Waals surface area contributed by atoms with E-state index in [-0.39, 0.29) is 17.4 Å². The van der Waals surface area contributed by atoms with Gasteiger partial charge in [0, 0.05) is 18.3 Å². The first-order chi connectivity index (χ1) is 13.5. The molecule has 1 heterocycles. The number of aromatic nitrogens is 2. The molecule has 0 fully saturated rings. The zero-order valence-corrected chi connectivity index (χ0v) is 16.0. The van der Waals surface area contributed by atoms with Crippen molar-refractivity contribution in [2.75, 3.05) is 17.2 Å². The quantitative estimate of drug-likeness (QED) is 0.640. The van der Waals surface area contributed by atoms with Gasteiger partial charge in [-0.3, -0.25) is 4.79 Å². The Balaban J connectivity index is 1.64. The summed E-state index contributed by atoms with van der Waals surface area (Å²) in [6.45, 7) is 4.31. The smallest absolute Gasteiger partial charge is 0.274 e. The highest BCUT2D eigenvalue weighted by Gasteiger charge is 2.11. The average Bonchev–Trinajstić information content (AvgIpc) is 2.69. The first-order valence-corrected chi connectivity index (χ1v) is 9.28. The third kappa shape index (κ3) is 5.13. The van der Waals surface area contributed by atoms with Gasteiger partial charge in [-0.2, -0.15) is 0 Å². The van der Waals surface area contributed by atoms with E-state index in [0.29, 0.717) is 35.9 Å². The summed E-state index contributed by atoms with van der Waals surface area (Å²) >= 11 is 0. The van der Waals surface area contributed by atoms with E-state index < -0.39 is 0 Å². The molecule has 5 nitrogen and oxygen atoms in total. The van der Waals surface area contributed by atoms with Crippen LogP contribution in [0.25, 0.3) is 0 Å². The number of nitrogens with one attached hydrogen (secondary N) is 2. The van der Waals surface area contributed by atoms with E-state index in [1.165, 1.54) is 11.6 Å². The topological polar surface area (TPSA) is 66.9 Å². The van der Waals surface area contributed by atoms with Crippen LogP contribution in [0.5, 0.6) is 0 Å². The Morgan fingerprint density at radius 3 is 2.54 bits per heavy atom. The highest BCUT2D eigenvalue weighted by Crippen LogP contribution is 2.13. The number of rotatable bonds is 7. The van der Waals surface area contributed by atoms with E-state index in [0.717, 1.165) is 6.42 Å². The van der Waals surface area contributed by atoms with Crippen molar-refractivity contribution in [3.8, 4) is 0 Å². The largest absolute Gasteiger partial charge is 0.370 e. The molecule has 3 aromatic rings. The minimum Gasteiger partial charge on any atom is -0.370 e. The normalized spacial score (nSPS) is 10.5. The van der Waals surface area contributed by atoms with Crippen LogP contribution in [0.3, 0.4) is 0 Å². The van der Waals surface area contributed by atoms with Gasteiger partial charge in [0.05, 0.1) is 0 Å². The number of amides is 1. The number of aryl methyl sites for hydroxylation is 2. The molecular weight excluding hydrogens is 355 g/mol. The van der Waals surface area contributed by atoms with Gasteiger partial charge in [0.2, 0.25) is 0 Å². The molecule has 0 spiro atoms. The highest BCUT2D eigenvalue weighted by molar-refractivity contribution is 6.03. The lowest BCUT2D eigenvalue weighted by atomic mass is 10.1. The van der Waals surface area contributed by atoms with Gasteiger partial charge in [0.25, 0.3) is 5.91 Å². The highest BCUT2D eigenvalue weighted by atomic mass is 19.1. The molecule has 0 atom stereocenters. The summed E-state index contributed by atoms with van der Waals surface area (Å²) in [7, 11) is 0. The van der Waals surface area contributed by atoms with Gasteiger partial charge in [-0.1, -0.05) is 37.3 Å². The third-order valence-corrected chi connectivity index (χ3v) is 4.35. The molecular formula is C22H23FN4O. The summed E-state index contributed by atoms with van der Waals surface area (Å²) in [5.74, 6) is 0.502. The Labute approximate surface area is 164 Å². The summed E-state index contributed by atoms with van der Waals surface area (Å²) in [6, 6.07) is 16.0. The van der Waals surface area contributed by atoms with Crippen LogP contribution in [0.4, 0.5) is 15.9 Å². The molecule has 0 aliphatic heterocycles. The second-order valence-corrected chi connectivity index (χ2v) is 6.46. The molecule has 0 unspecified atom stereocenters. The number of carbonyl (C=O) groups excluding carboxylic acids is 1. The Bertz CT molecular complexity index is 957. The van der Waals surface area contributed by atoms with Crippen molar-refractivity contribution in [2.24, 2.45) is 0 Å². The van der Waals surface area contributed by atoms with Crippen molar-refractivity contribution >= 4 is 17.4 Å². The molecule has 3 rings (SSSR count). The van der Waals surface area contributed by atoms with Crippen LogP contribution in [0.15, 0.2) is 54.6 Å². The number of anilines is 2. The van der Waals surface area contributed by atoms with Crippen molar-refractivity contribution in [1.29, 1.82) is 0 Å². The number of carbonyl (C=O) groups is 1. The second-order valence-electron chi connectivity index (χ2n) is 6.46. The zero-order valence-electron chi connectivity index (χ0n) is 16.0. The van der Waals surface area contributed by atoms with Crippen molar-refractivity contribution in [1.82, 2.24) is 9.97 Å². The van der Waals surface area contributed by atoms with Gasteiger partial charge in [-0.15, -0.1) is 0 Å². The van der Waals surface area contributed by atoms with E-state index in [1.807, 2.05) is 30.3 Å². The van der Waals surface area contributed by atoms with Crippen LogP contribution in [-0.2, 0) is 12.8 Å². The Kier molecular flexibility index (Phi) is 6.32. The Hall–Kier alpha value is -3.28. The fourth-order valence-corrected chi connectivity index (χ4v) is 2.82. The molecule has 2 N–H and O–H groups in total. The van der Waals surface area contributed by atoms with Crippen LogP contribution < -0.4 is 10.6 Å². The second kappa shape index (κ2) is 9.08. The molecule has 1 aromatic heterocycles. The van der Waals surface area contributed by atoms with Gasteiger partial charge in [0.1, 0.15) is 23.2 Å². The van der Waals surface area contributed by atoms with Gasteiger partial charge >= 0.3 is 0 Å². The summed E-state index contributed by atoms with van der Waals surface area (Å²) in [5, 5.41) is 5.98. The lowest BCUT2D eigenvalue weighted by Crippen LogP contribution is -2.16.